The van der Waals surface area contributed by atoms with Crippen molar-refractivity contribution in [1.29, 1.82) is 0 Å². The maximum Gasteiger partial charge on any atom is 0.227 e. The SMILES string of the molecule is CCC(CO)Nc1nc(NCc2ccc(-c3cccc(F)c3)nc2)c2ncn(C3CCCC3)c2n1. The van der Waals surface area contributed by atoms with Crippen LogP contribution in [0.3, 0.4) is 0 Å². The first-order valence-corrected chi connectivity index (χ1v) is 12.2. The molecule has 1 atom stereocenters. The highest BCUT2D eigenvalue weighted by atomic mass is 19.1. The summed E-state index contributed by atoms with van der Waals surface area (Å²) in [5, 5.41) is 16.3. The molecule has 4 aromatic rings. The Hall–Kier alpha value is -3.59. The molecule has 35 heavy (non-hydrogen) atoms. The van der Waals surface area contributed by atoms with Gasteiger partial charge in [0.15, 0.2) is 17.0 Å². The monoisotopic (exact) mass is 475 g/mol. The molecule has 1 aliphatic carbocycles. The maximum absolute atomic E-state index is 13.5. The van der Waals surface area contributed by atoms with Gasteiger partial charge in [-0.15, -0.1) is 0 Å². The van der Waals surface area contributed by atoms with Gasteiger partial charge in [0.1, 0.15) is 5.82 Å². The number of benzene rings is 1. The fourth-order valence-corrected chi connectivity index (χ4v) is 4.55. The number of pyridine rings is 1. The summed E-state index contributed by atoms with van der Waals surface area (Å²) in [4.78, 5) is 18.6. The zero-order valence-electron chi connectivity index (χ0n) is 19.8. The molecule has 0 radical (unpaired) electrons. The van der Waals surface area contributed by atoms with Crippen LogP contribution in [-0.4, -0.2) is 42.3 Å². The molecule has 1 saturated carbocycles. The van der Waals surface area contributed by atoms with Gasteiger partial charge in [0.25, 0.3) is 0 Å². The van der Waals surface area contributed by atoms with Crippen molar-refractivity contribution in [2.75, 3.05) is 17.2 Å². The summed E-state index contributed by atoms with van der Waals surface area (Å²) in [6.45, 7) is 2.51. The number of nitrogens with one attached hydrogen (secondary N) is 2. The maximum atomic E-state index is 13.5. The molecule has 3 heterocycles. The summed E-state index contributed by atoms with van der Waals surface area (Å²) in [6.07, 6.45) is 9.08. The molecule has 0 amide bonds. The normalized spacial score (nSPS) is 14.9. The summed E-state index contributed by atoms with van der Waals surface area (Å²) < 4.78 is 15.7. The van der Waals surface area contributed by atoms with Crippen molar-refractivity contribution in [2.45, 2.75) is 57.7 Å². The lowest BCUT2D eigenvalue weighted by molar-refractivity contribution is 0.271. The fourth-order valence-electron chi connectivity index (χ4n) is 4.55. The van der Waals surface area contributed by atoms with Crippen LogP contribution in [0.5, 0.6) is 0 Å². The highest BCUT2D eigenvalue weighted by Crippen LogP contribution is 2.33. The highest BCUT2D eigenvalue weighted by Gasteiger charge is 2.22. The molecule has 1 fully saturated rings. The molecule has 5 rings (SSSR count). The molecule has 9 heteroatoms. The van der Waals surface area contributed by atoms with Gasteiger partial charge in [-0.3, -0.25) is 4.98 Å². The molecule has 1 aliphatic rings. The Morgan fingerprint density at radius 1 is 1.14 bits per heavy atom. The lowest BCUT2D eigenvalue weighted by Gasteiger charge is -2.17. The Balaban J connectivity index is 1.40. The molecular weight excluding hydrogens is 445 g/mol. The minimum Gasteiger partial charge on any atom is -0.394 e. The van der Waals surface area contributed by atoms with E-state index < -0.39 is 0 Å². The van der Waals surface area contributed by atoms with Crippen molar-refractivity contribution >= 4 is 22.9 Å². The van der Waals surface area contributed by atoms with Gasteiger partial charge in [0.05, 0.1) is 24.7 Å². The number of nitrogens with zero attached hydrogens (tertiary/aromatic N) is 5. The largest absolute Gasteiger partial charge is 0.394 e. The van der Waals surface area contributed by atoms with E-state index in [1.165, 1.54) is 25.0 Å². The van der Waals surface area contributed by atoms with Crippen LogP contribution in [-0.2, 0) is 6.54 Å². The van der Waals surface area contributed by atoms with Crippen molar-refractivity contribution in [3.63, 3.8) is 0 Å². The van der Waals surface area contributed by atoms with Crippen molar-refractivity contribution in [3.05, 3.63) is 60.3 Å². The number of hydrogen-bond donors (Lipinski definition) is 3. The van der Waals surface area contributed by atoms with E-state index in [-0.39, 0.29) is 18.5 Å². The Morgan fingerprint density at radius 2 is 2.00 bits per heavy atom. The third-order valence-corrected chi connectivity index (χ3v) is 6.59. The molecule has 1 unspecified atom stereocenters. The van der Waals surface area contributed by atoms with E-state index in [1.54, 1.807) is 12.3 Å². The molecule has 182 valence electrons. The minimum absolute atomic E-state index is 0.00583. The van der Waals surface area contributed by atoms with Gasteiger partial charge in [-0.2, -0.15) is 9.97 Å². The van der Waals surface area contributed by atoms with E-state index in [9.17, 15) is 9.50 Å². The lowest BCUT2D eigenvalue weighted by atomic mass is 10.1. The summed E-state index contributed by atoms with van der Waals surface area (Å²) in [7, 11) is 0. The summed E-state index contributed by atoms with van der Waals surface area (Å²) in [5.41, 5.74) is 3.94. The Labute approximate surface area is 203 Å². The summed E-state index contributed by atoms with van der Waals surface area (Å²) in [5.74, 6) is 0.826. The molecular formula is C26H30FN7O. The second kappa shape index (κ2) is 10.4. The first kappa shape index (κ1) is 23.2. The molecule has 0 saturated heterocycles. The molecule has 1 aromatic carbocycles. The number of aliphatic hydroxyl groups excluding tert-OH is 1. The van der Waals surface area contributed by atoms with Gasteiger partial charge in [-0.05, 0) is 43.0 Å². The highest BCUT2D eigenvalue weighted by molar-refractivity contribution is 5.84. The molecule has 3 aromatic heterocycles. The number of hydrogen-bond acceptors (Lipinski definition) is 7. The number of fused-ring (bicyclic) bond motifs is 1. The topological polar surface area (TPSA) is 101 Å². The van der Waals surface area contributed by atoms with Crippen LogP contribution in [0.2, 0.25) is 0 Å². The minimum atomic E-state index is -0.282. The van der Waals surface area contributed by atoms with Crippen molar-refractivity contribution < 1.29 is 9.50 Å². The molecule has 0 spiro atoms. The van der Waals surface area contributed by atoms with E-state index in [1.807, 2.05) is 31.5 Å². The fraction of sp³-hybridized carbons (Fsp3) is 0.385. The van der Waals surface area contributed by atoms with E-state index in [2.05, 4.69) is 30.2 Å². The lowest BCUT2D eigenvalue weighted by Crippen LogP contribution is -2.24. The van der Waals surface area contributed by atoms with Crippen LogP contribution in [0.4, 0.5) is 16.2 Å². The first-order chi connectivity index (χ1) is 17.1. The van der Waals surface area contributed by atoms with Crippen LogP contribution in [0.25, 0.3) is 22.4 Å². The van der Waals surface area contributed by atoms with E-state index >= 15 is 0 Å². The average Bonchev–Trinajstić information content (AvgIpc) is 3.56. The molecule has 8 nitrogen and oxygen atoms in total. The first-order valence-electron chi connectivity index (χ1n) is 12.2. The molecule has 0 bridgehead atoms. The number of halogens is 1. The van der Waals surface area contributed by atoms with Crippen molar-refractivity contribution in [3.8, 4) is 11.3 Å². The quantitative estimate of drug-likeness (QED) is 0.315. The van der Waals surface area contributed by atoms with E-state index in [0.29, 0.717) is 30.0 Å². The predicted octanol–water partition coefficient (Wildman–Crippen LogP) is 4.94. The van der Waals surface area contributed by atoms with Crippen LogP contribution >= 0.6 is 0 Å². The Bertz CT molecular complexity index is 1280. The number of aromatic nitrogens is 5. The number of rotatable bonds is 9. The summed E-state index contributed by atoms with van der Waals surface area (Å²) >= 11 is 0. The summed E-state index contributed by atoms with van der Waals surface area (Å²) in [6, 6.07) is 10.5. The van der Waals surface area contributed by atoms with E-state index in [4.69, 9.17) is 4.98 Å². The van der Waals surface area contributed by atoms with Crippen LogP contribution in [0.1, 0.15) is 50.6 Å². The molecule has 0 aliphatic heterocycles. The second-order valence-corrected chi connectivity index (χ2v) is 9.01. The van der Waals surface area contributed by atoms with E-state index in [0.717, 1.165) is 41.6 Å². The number of imidazole rings is 1. The van der Waals surface area contributed by atoms with Crippen LogP contribution in [0.15, 0.2) is 48.9 Å². The zero-order valence-corrected chi connectivity index (χ0v) is 19.8. The van der Waals surface area contributed by atoms with Gasteiger partial charge in [0.2, 0.25) is 5.95 Å². The smallest absolute Gasteiger partial charge is 0.227 e. The molecule has 3 N–H and O–H groups in total. The second-order valence-electron chi connectivity index (χ2n) is 9.01. The van der Waals surface area contributed by atoms with Gasteiger partial charge in [0, 0.05) is 24.3 Å². The number of aliphatic hydroxyl groups is 1. The Kier molecular flexibility index (Phi) is 6.85. The third kappa shape index (κ3) is 5.09. The van der Waals surface area contributed by atoms with Crippen molar-refractivity contribution in [2.24, 2.45) is 0 Å². The standard InChI is InChI=1S/C26H30FN7O/c1-2-20(15-35)31-26-32-24(23-25(33-26)34(16-30-23)21-8-3-4-9-21)29-14-17-10-11-22(28-13-17)18-6-5-7-19(27)12-18/h5-7,10-13,16,20-21,35H,2-4,8-9,14-15H2,1H3,(H2,29,31,32,33). The van der Waals surface area contributed by atoms with Gasteiger partial charge in [-0.1, -0.05) is 38.0 Å². The average molecular weight is 476 g/mol. The third-order valence-electron chi connectivity index (χ3n) is 6.59. The Morgan fingerprint density at radius 3 is 2.71 bits per heavy atom. The van der Waals surface area contributed by atoms with Crippen molar-refractivity contribution in [1.82, 2.24) is 24.5 Å². The van der Waals surface area contributed by atoms with Crippen LogP contribution < -0.4 is 10.6 Å². The van der Waals surface area contributed by atoms with Crippen LogP contribution in [0, 0.1) is 5.82 Å². The zero-order chi connectivity index (χ0) is 24.2. The van der Waals surface area contributed by atoms with Gasteiger partial charge >= 0.3 is 0 Å². The van der Waals surface area contributed by atoms with Gasteiger partial charge in [-0.25, -0.2) is 9.37 Å². The van der Waals surface area contributed by atoms with Gasteiger partial charge < -0.3 is 20.3 Å². The number of anilines is 2. The predicted molar refractivity (Wildman–Crippen MR) is 135 cm³/mol.